The third-order valence-electron chi connectivity index (χ3n) is 4.57. The summed E-state index contributed by atoms with van der Waals surface area (Å²) in [5.74, 6) is 0. The Bertz CT molecular complexity index is 407. The lowest BCUT2D eigenvalue weighted by Crippen LogP contribution is -2.34. The normalized spacial score (nSPS) is 13.6. The average Bonchev–Trinajstić information content (AvgIpc) is 2.56. The highest BCUT2D eigenvalue weighted by atomic mass is 32.2. The zero-order chi connectivity index (χ0) is 18.8. The minimum absolute atomic E-state index is 0.641. The van der Waals surface area contributed by atoms with E-state index >= 15 is 0 Å². The van der Waals surface area contributed by atoms with Crippen LogP contribution in [-0.2, 0) is 10.1 Å². The Hall–Kier alpha value is -0.390. The van der Waals surface area contributed by atoms with Crippen molar-refractivity contribution in [2.75, 3.05) is 6.54 Å². The van der Waals surface area contributed by atoms with Crippen molar-refractivity contribution in [3.8, 4) is 0 Å². The van der Waals surface area contributed by atoms with Crippen LogP contribution in [0.25, 0.3) is 0 Å². The minimum atomic E-state index is -3.94. The second kappa shape index (κ2) is 17.0. The van der Waals surface area contributed by atoms with Crippen LogP contribution in [0.2, 0.25) is 0 Å². The largest absolute Gasteiger partial charge is 0.299 e. The van der Waals surface area contributed by atoms with Gasteiger partial charge in [-0.2, -0.15) is 8.42 Å². The van der Waals surface area contributed by atoms with Crippen LogP contribution >= 0.6 is 0 Å². The number of allylic oxidation sites excluding steroid dienone is 2. The van der Waals surface area contributed by atoms with Crippen LogP contribution in [0.4, 0.5) is 0 Å². The molecule has 0 saturated heterocycles. The van der Waals surface area contributed by atoms with Gasteiger partial charge in [0, 0.05) is 0 Å². The van der Waals surface area contributed by atoms with E-state index in [0.717, 1.165) is 12.8 Å². The summed E-state index contributed by atoms with van der Waals surface area (Å²) in [5.41, 5.74) is 0. The van der Waals surface area contributed by atoms with E-state index in [-0.39, 0.29) is 0 Å². The van der Waals surface area contributed by atoms with Crippen LogP contribution in [0.5, 0.6) is 0 Å². The van der Waals surface area contributed by atoms with Crippen molar-refractivity contribution in [1.29, 1.82) is 0 Å². The maximum atomic E-state index is 10.8. The van der Waals surface area contributed by atoms with Crippen molar-refractivity contribution < 1.29 is 13.0 Å². The molecule has 0 aliphatic rings. The third-order valence-corrected chi connectivity index (χ3v) is 5.63. The smallest absolute Gasteiger partial charge is 0.280 e. The summed E-state index contributed by atoms with van der Waals surface area (Å²) >= 11 is 0. The molecule has 0 rings (SSSR count). The van der Waals surface area contributed by atoms with E-state index in [1.165, 1.54) is 84.0 Å². The molecule has 0 aromatic rings. The van der Waals surface area contributed by atoms with E-state index in [1.54, 1.807) is 0 Å². The highest BCUT2D eigenvalue weighted by Gasteiger charge is 2.15. The molecule has 0 heterocycles. The fraction of sp³-hybridized carbons (Fsp3) is 0.900. The Balaban J connectivity index is 3.22. The lowest BCUT2D eigenvalue weighted by molar-refractivity contribution is 0.452. The maximum Gasteiger partial charge on any atom is 0.280 e. The molecule has 150 valence electrons. The van der Waals surface area contributed by atoms with E-state index in [2.05, 4.69) is 24.4 Å². The Morgan fingerprint density at radius 1 is 0.800 bits per heavy atom. The van der Waals surface area contributed by atoms with Crippen molar-refractivity contribution in [1.82, 2.24) is 5.32 Å². The second-order valence-corrected chi connectivity index (χ2v) is 8.79. The standard InChI is InChI=1S/C20H41NO3S/c1-3-4-5-6-7-8-9-10-11-12-13-14-15-16-17-18-19-21-20(2)25(22,23)24/h10-11,20-21H,3-9,12-19H2,1-2H3,(H,22,23,24)/b11-10-. The van der Waals surface area contributed by atoms with Crippen LogP contribution in [0.1, 0.15) is 104 Å². The maximum absolute atomic E-state index is 10.8. The zero-order valence-electron chi connectivity index (χ0n) is 16.5. The van der Waals surface area contributed by atoms with Crippen molar-refractivity contribution in [3.05, 3.63) is 12.2 Å². The van der Waals surface area contributed by atoms with Crippen LogP contribution in [0.15, 0.2) is 12.2 Å². The fourth-order valence-electron chi connectivity index (χ4n) is 2.78. The summed E-state index contributed by atoms with van der Waals surface area (Å²) < 4.78 is 30.5. The van der Waals surface area contributed by atoms with Gasteiger partial charge < -0.3 is 0 Å². The van der Waals surface area contributed by atoms with E-state index in [9.17, 15) is 8.42 Å². The molecule has 0 aliphatic carbocycles. The summed E-state index contributed by atoms with van der Waals surface area (Å²) in [5, 5.41) is 1.96. The molecule has 0 spiro atoms. The van der Waals surface area contributed by atoms with Gasteiger partial charge in [0.25, 0.3) is 10.1 Å². The number of hydrogen-bond acceptors (Lipinski definition) is 3. The minimum Gasteiger partial charge on any atom is -0.299 e. The molecule has 0 aromatic heterocycles. The molecule has 1 atom stereocenters. The Labute approximate surface area is 156 Å². The monoisotopic (exact) mass is 375 g/mol. The second-order valence-electron chi connectivity index (χ2n) is 7.05. The first-order valence-electron chi connectivity index (χ1n) is 10.3. The van der Waals surface area contributed by atoms with E-state index in [4.69, 9.17) is 4.55 Å². The van der Waals surface area contributed by atoms with E-state index in [0.29, 0.717) is 6.54 Å². The molecule has 4 nitrogen and oxygen atoms in total. The topological polar surface area (TPSA) is 66.4 Å². The number of rotatable bonds is 18. The number of unbranched alkanes of at least 4 members (excludes halogenated alkanes) is 12. The van der Waals surface area contributed by atoms with Gasteiger partial charge in [0.1, 0.15) is 5.37 Å². The van der Waals surface area contributed by atoms with Gasteiger partial charge in [-0.15, -0.1) is 0 Å². The number of nitrogens with one attached hydrogen (secondary N) is 1. The van der Waals surface area contributed by atoms with Gasteiger partial charge in [-0.3, -0.25) is 9.87 Å². The summed E-state index contributed by atoms with van der Waals surface area (Å²) in [4.78, 5) is 0. The van der Waals surface area contributed by atoms with Gasteiger partial charge in [0.2, 0.25) is 0 Å². The van der Waals surface area contributed by atoms with Crippen molar-refractivity contribution in [2.24, 2.45) is 0 Å². The lowest BCUT2D eigenvalue weighted by Gasteiger charge is -2.10. The molecule has 0 aromatic carbocycles. The molecule has 0 aliphatic heterocycles. The van der Waals surface area contributed by atoms with Gasteiger partial charge in [-0.1, -0.05) is 76.9 Å². The molecule has 2 N–H and O–H groups in total. The fourth-order valence-corrected chi connectivity index (χ4v) is 3.11. The van der Waals surface area contributed by atoms with Gasteiger partial charge in [-0.05, 0) is 45.6 Å². The molecular weight excluding hydrogens is 334 g/mol. The molecule has 0 bridgehead atoms. The van der Waals surface area contributed by atoms with Crippen molar-refractivity contribution in [2.45, 2.75) is 109 Å². The molecule has 0 amide bonds. The van der Waals surface area contributed by atoms with Gasteiger partial charge in [-0.25, -0.2) is 0 Å². The van der Waals surface area contributed by atoms with E-state index in [1.807, 2.05) is 0 Å². The SMILES string of the molecule is CCCCCCCC/C=C\CCCCCCCCNC(C)S(=O)(=O)O. The molecule has 0 radical (unpaired) electrons. The zero-order valence-corrected chi connectivity index (χ0v) is 17.3. The predicted octanol–water partition coefficient (Wildman–Crippen LogP) is 5.85. The first-order chi connectivity index (χ1) is 12.0. The molecule has 25 heavy (non-hydrogen) atoms. The quantitative estimate of drug-likeness (QED) is 0.179. The predicted molar refractivity (Wildman–Crippen MR) is 108 cm³/mol. The third kappa shape index (κ3) is 18.2. The lowest BCUT2D eigenvalue weighted by atomic mass is 10.1. The van der Waals surface area contributed by atoms with Crippen LogP contribution < -0.4 is 5.32 Å². The summed E-state index contributed by atoms with van der Waals surface area (Å²) in [7, 11) is -3.94. The van der Waals surface area contributed by atoms with Gasteiger partial charge >= 0.3 is 0 Å². The molecule has 1 unspecified atom stereocenters. The molecule has 5 heteroatoms. The van der Waals surface area contributed by atoms with Crippen molar-refractivity contribution in [3.63, 3.8) is 0 Å². The highest BCUT2D eigenvalue weighted by Crippen LogP contribution is 2.09. The molecule has 0 saturated carbocycles. The van der Waals surface area contributed by atoms with Gasteiger partial charge in [0.05, 0.1) is 0 Å². The highest BCUT2D eigenvalue weighted by molar-refractivity contribution is 7.86. The van der Waals surface area contributed by atoms with E-state index < -0.39 is 15.5 Å². The van der Waals surface area contributed by atoms with Crippen LogP contribution in [0, 0.1) is 0 Å². The summed E-state index contributed by atoms with van der Waals surface area (Å²) in [6.07, 6.45) is 22.4. The first kappa shape index (κ1) is 24.6. The van der Waals surface area contributed by atoms with Crippen molar-refractivity contribution >= 4 is 10.1 Å². The van der Waals surface area contributed by atoms with Crippen LogP contribution in [-0.4, -0.2) is 24.9 Å². The number of hydrogen-bond donors (Lipinski definition) is 2. The first-order valence-corrected chi connectivity index (χ1v) is 11.8. The van der Waals surface area contributed by atoms with Gasteiger partial charge in [0.15, 0.2) is 0 Å². The Morgan fingerprint density at radius 3 is 1.72 bits per heavy atom. The Kier molecular flexibility index (Phi) is 16.8. The summed E-state index contributed by atoms with van der Waals surface area (Å²) in [6.45, 7) is 4.37. The molecular formula is C20H41NO3S. The summed E-state index contributed by atoms with van der Waals surface area (Å²) in [6, 6.07) is 0. The molecule has 0 fully saturated rings. The average molecular weight is 376 g/mol. The Morgan fingerprint density at radius 2 is 1.24 bits per heavy atom. The van der Waals surface area contributed by atoms with Crippen LogP contribution in [0.3, 0.4) is 0 Å².